The number of halogens is 2. The summed E-state index contributed by atoms with van der Waals surface area (Å²) >= 11 is 5.72. The third kappa shape index (κ3) is 3.41. The lowest BCUT2D eigenvalue weighted by Gasteiger charge is -2.16. The summed E-state index contributed by atoms with van der Waals surface area (Å²) in [6, 6.07) is 7.74. The highest BCUT2D eigenvalue weighted by molar-refractivity contribution is 6.30. The van der Waals surface area contributed by atoms with Crippen LogP contribution < -0.4 is 5.32 Å². The molecule has 1 atom stereocenters. The standard InChI is InChI=1S/C14H12ClFN2O3/c1-8(9-2-4-12(16)11(15)6-9)17-13-5-3-10(19)7-14(13)18(20)21/h2-8,17,19H,1H3. The lowest BCUT2D eigenvalue weighted by molar-refractivity contribution is -0.384. The predicted molar refractivity (Wildman–Crippen MR) is 78.2 cm³/mol. The van der Waals surface area contributed by atoms with E-state index in [-0.39, 0.29) is 28.2 Å². The van der Waals surface area contributed by atoms with Crippen molar-refractivity contribution in [2.24, 2.45) is 0 Å². The number of hydrogen-bond donors (Lipinski definition) is 2. The van der Waals surface area contributed by atoms with Crippen LogP contribution in [0, 0.1) is 15.9 Å². The highest BCUT2D eigenvalue weighted by atomic mass is 35.5. The Morgan fingerprint density at radius 1 is 1.33 bits per heavy atom. The van der Waals surface area contributed by atoms with Crippen LogP contribution in [0.5, 0.6) is 5.75 Å². The smallest absolute Gasteiger partial charge is 0.296 e. The van der Waals surface area contributed by atoms with Gasteiger partial charge >= 0.3 is 0 Å². The molecule has 0 spiro atoms. The number of rotatable bonds is 4. The van der Waals surface area contributed by atoms with Crippen LogP contribution in [0.1, 0.15) is 18.5 Å². The van der Waals surface area contributed by atoms with E-state index in [1.165, 1.54) is 24.3 Å². The van der Waals surface area contributed by atoms with Gasteiger partial charge < -0.3 is 10.4 Å². The number of phenols is 1. The molecule has 0 radical (unpaired) electrons. The molecule has 0 amide bonds. The highest BCUT2D eigenvalue weighted by Crippen LogP contribution is 2.31. The Balaban J connectivity index is 2.29. The van der Waals surface area contributed by atoms with E-state index < -0.39 is 10.7 Å². The monoisotopic (exact) mass is 310 g/mol. The number of nitrogens with one attached hydrogen (secondary N) is 1. The second-order valence-corrected chi connectivity index (χ2v) is 4.91. The van der Waals surface area contributed by atoms with Crippen LogP contribution in [-0.4, -0.2) is 10.0 Å². The molecular formula is C14H12ClFN2O3. The lowest BCUT2D eigenvalue weighted by Crippen LogP contribution is -2.08. The fourth-order valence-electron chi connectivity index (χ4n) is 1.89. The fourth-order valence-corrected chi connectivity index (χ4v) is 2.08. The molecule has 0 aliphatic heterocycles. The van der Waals surface area contributed by atoms with Gasteiger partial charge in [-0.25, -0.2) is 4.39 Å². The highest BCUT2D eigenvalue weighted by Gasteiger charge is 2.17. The zero-order valence-electron chi connectivity index (χ0n) is 11.0. The third-order valence-corrected chi connectivity index (χ3v) is 3.28. The topological polar surface area (TPSA) is 75.4 Å². The Morgan fingerprint density at radius 2 is 2.05 bits per heavy atom. The molecule has 0 aliphatic rings. The van der Waals surface area contributed by atoms with Gasteiger partial charge in [0, 0.05) is 6.04 Å². The van der Waals surface area contributed by atoms with Crippen LogP contribution in [0.4, 0.5) is 15.8 Å². The number of nitrogens with zero attached hydrogens (tertiary/aromatic N) is 1. The van der Waals surface area contributed by atoms with E-state index in [0.717, 1.165) is 6.07 Å². The van der Waals surface area contributed by atoms with Gasteiger partial charge in [0.25, 0.3) is 5.69 Å². The van der Waals surface area contributed by atoms with Gasteiger partial charge in [0.2, 0.25) is 0 Å². The van der Waals surface area contributed by atoms with E-state index in [1.54, 1.807) is 13.0 Å². The Labute approximate surface area is 125 Å². The van der Waals surface area contributed by atoms with Crippen molar-refractivity contribution in [3.63, 3.8) is 0 Å². The molecule has 5 nitrogen and oxygen atoms in total. The van der Waals surface area contributed by atoms with Gasteiger partial charge in [-0.1, -0.05) is 17.7 Å². The first kappa shape index (κ1) is 15.1. The molecule has 2 rings (SSSR count). The quantitative estimate of drug-likeness (QED) is 0.502. The number of benzene rings is 2. The van der Waals surface area contributed by atoms with Gasteiger partial charge in [-0.3, -0.25) is 10.1 Å². The number of anilines is 1. The summed E-state index contributed by atoms with van der Waals surface area (Å²) in [7, 11) is 0. The molecule has 110 valence electrons. The summed E-state index contributed by atoms with van der Waals surface area (Å²) in [6.45, 7) is 1.76. The maximum Gasteiger partial charge on any atom is 0.296 e. The molecule has 0 heterocycles. The summed E-state index contributed by atoms with van der Waals surface area (Å²) in [5.41, 5.74) is 0.699. The fraction of sp³-hybridized carbons (Fsp3) is 0.143. The minimum atomic E-state index is -0.591. The van der Waals surface area contributed by atoms with Crippen LogP contribution in [0.15, 0.2) is 36.4 Å². The SMILES string of the molecule is CC(Nc1ccc(O)cc1[N+](=O)[O-])c1ccc(F)c(Cl)c1. The number of phenolic OH excluding ortho intramolecular Hbond substituents is 1. The van der Waals surface area contributed by atoms with Crippen LogP contribution >= 0.6 is 11.6 Å². The van der Waals surface area contributed by atoms with Crippen molar-refractivity contribution in [2.45, 2.75) is 13.0 Å². The van der Waals surface area contributed by atoms with E-state index in [1.807, 2.05) is 0 Å². The second-order valence-electron chi connectivity index (χ2n) is 4.50. The van der Waals surface area contributed by atoms with Gasteiger partial charge in [0.15, 0.2) is 0 Å². The van der Waals surface area contributed by atoms with E-state index in [0.29, 0.717) is 5.56 Å². The molecule has 1 unspecified atom stereocenters. The molecule has 0 saturated heterocycles. The first-order chi connectivity index (χ1) is 9.88. The largest absolute Gasteiger partial charge is 0.508 e. The summed E-state index contributed by atoms with van der Waals surface area (Å²) in [5, 5.41) is 23.2. The molecule has 2 aromatic rings. The zero-order chi connectivity index (χ0) is 15.6. The zero-order valence-corrected chi connectivity index (χ0v) is 11.8. The molecule has 0 saturated carbocycles. The number of nitro benzene ring substituents is 1. The van der Waals surface area contributed by atoms with Gasteiger partial charge in [-0.2, -0.15) is 0 Å². The van der Waals surface area contributed by atoms with Gasteiger partial charge in [-0.15, -0.1) is 0 Å². The van der Waals surface area contributed by atoms with Crippen LogP contribution in [0.2, 0.25) is 5.02 Å². The molecule has 0 fully saturated rings. The Kier molecular flexibility index (Phi) is 4.28. The lowest BCUT2D eigenvalue weighted by atomic mass is 10.1. The molecule has 21 heavy (non-hydrogen) atoms. The Hall–Kier alpha value is -2.34. The van der Waals surface area contributed by atoms with Crippen molar-refractivity contribution in [3.8, 4) is 5.75 Å². The normalized spacial score (nSPS) is 12.0. The van der Waals surface area contributed by atoms with Crippen LogP contribution in [-0.2, 0) is 0 Å². The first-order valence-electron chi connectivity index (χ1n) is 6.07. The van der Waals surface area contributed by atoms with Crippen molar-refractivity contribution in [3.05, 3.63) is 62.9 Å². The Bertz CT molecular complexity index is 694. The van der Waals surface area contributed by atoms with Gasteiger partial charge in [-0.05, 0) is 36.8 Å². The summed E-state index contributed by atoms with van der Waals surface area (Å²) in [4.78, 5) is 10.4. The van der Waals surface area contributed by atoms with Crippen molar-refractivity contribution >= 4 is 23.0 Å². The second kappa shape index (κ2) is 5.97. The molecule has 7 heteroatoms. The maximum atomic E-state index is 13.1. The van der Waals surface area contributed by atoms with Gasteiger partial charge in [0.1, 0.15) is 17.3 Å². The van der Waals surface area contributed by atoms with Crippen molar-refractivity contribution < 1.29 is 14.4 Å². The average Bonchev–Trinajstić information content (AvgIpc) is 2.43. The van der Waals surface area contributed by atoms with E-state index in [2.05, 4.69) is 5.32 Å². The molecule has 0 aliphatic carbocycles. The predicted octanol–water partition coefficient (Wildman–Crippen LogP) is 4.27. The van der Waals surface area contributed by atoms with Crippen molar-refractivity contribution in [1.82, 2.24) is 0 Å². The van der Waals surface area contributed by atoms with E-state index in [4.69, 9.17) is 11.6 Å². The van der Waals surface area contributed by atoms with Crippen molar-refractivity contribution in [2.75, 3.05) is 5.32 Å². The average molecular weight is 311 g/mol. The minimum absolute atomic E-state index is 0.0126. The number of aromatic hydroxyl groups is 1. The summed E-state index contributed by atoms with van der Waals surface area (Å²) < 4.78 is 13.1. The van der Waals surface area contributed by atoms with Crippen LogP contribution in [0.25, 0.3) is 0 Å². The number of nitro groups is 1. The third-order valence-electron chi connectivity index (χ3n) is 2.99. The summed E-state index contributed by atoms with van der Waals surface area (Å²) in [5.74, 6) is -0.715. The molecule has 0 aromatic heterocycles. The number of hydrogen-bond acceptors (Lipinski definition) is 4. The summed E-state index contributed by atoms with van der Waals surface area (Å²) in [6.07, 6.45) is 0. The molecule has 2 aromatic carbocycles. The first-order valence-corrected chi connectivity index (χ1v) is 6.45. The molecule has 2 N–H and O–H groups in total. The minimum Gasteiger partial charge on any atom is -0.508 e. The molecule has 0 bridgehead atoms. The maximum absolute atomic E-state index is 13.1. The van der Waals surface area contributed by atoms with Gasteiger partial charge in [0.05, 0.1) is 16.0 Å². The molecular weight excluding hydrogens is 299 g/mol. The van der Waals surface area contributed by atoms with E-state index in [9.17, 15) is 19.6 Å². The van der Waals surface area contributed by atoms with Crippen molar-refractivity contribution in [1.29, 1.82) is 0 Å². The van der Waals surface area contributed by atoms with E-state index >= 15 is 0 Å². The van der Waals surface area contributed by atoms with Crippen LogP contribution in [0.3, 0.4) is 0 Å². The Morgan fingerprint density at radius 3 is 2.67 bits per heavy atom.